The number of nitrogens with one attached hydrogen (secondary N) is 2. The summed E-state index contributed by atoms with van der Waals surface area (Å²) < 4.78 is 23.6. The Bertz CT molecular complexity index is 1460. The van der Waals surface area contributed by atoms with Crippen molar-refractivity contribution in [2.75, 3.05) is 40.5 Å². The number of phenols is 2. The topological polar surface area (TPSA) is 205 Å². The minimum absolute atomic E-state index is 0.0453. The van der Waals surface area contributed by atoms with Crippen LogP contribution in [0.4, 0.5) is 0 Å². The molecule has 0 aliphatic carbocycles. The van der Waals surface area contributed by atoms with Crippen LogP contribution in [0.15, 0.2) is 53.9 Å². The van der Waals surface area contributed by atoms with Gasteiger partial charge < -0.3 is 60.8 Å². The Morgan fingerprint density at radius 2 is 1.88 bits per heavy atom. The molecule has 13 nitrogen and oxygen atoms in total. The first-order valence-corrected chi connectivity index (χ1v) is 16.8. The van der Waals surface area contributed by atoms with Crippen LogP contribution in [-0.2, 0) is 16.0 Å². The molecule has 49 heavy (non-hydrogen) atoms. The van der Waals surface area contributed by atoms with Crippen molar-refractivity contribution in [2.45, 2.75) is 69.8 Å². The fourth-order valence-corrected chi connectivity index (χ4v) is 6.69. The summed E-state index contributed by atoms with van der Waals surface area (Å²) in [5.74, 6) is -0.726. The van der Waals surface area contributed by atoms with Crippen molar-refractivity contribution in [3.05, 3.63) is 65.0 Å². The highest BCUT2D eigenvalue weighted by Gasteiger charge is 2.39. The molecule has 0 aromatic heterocycles. The molecule has 1 saturated heterocycles. The van der Waals surface area contributed by atoms with Crippen LogP contribution >= 0.6 is 0 Å². The smallest absolute Gasteiger partial charge is 0.303 e. The summed E-state index contributed by atoms with van der Waals surface area (Å²) in [5.41, 5.74) is 8.42. The molecule has 9 N–H and O–H groups in total. The van der Waals surface area contributed by atoms with Crippen LogP contribution in [0.5, 0.6) is 28.7 Å². The van der Waals surface area contributed by atoms with E-state index in [-0.39, 0.29) is 61.1 Å². The second kappa shape index (κ2) is 18.0. The molecule has 0 radical (unpaired) electrons. The summed E-state index contributed by atoms with van der Waals surface area (Å²) in [6, 6.07) is 8.07. The summed E-state index contributed by atoms with van der Waals surface area (Å²) in [4.78, 5) is 11.9. The van der Waals surface area contributed by atoms with Crippen LogP contribution < -0.4 is 30.6 Å². The molecule has 0 saturated carbocycles. The molecule has 2 aromatic rings. The number of rotatable bonds is 18. The maximum absolute atomic E-state index is 11.9. The van der Waals surface area contributed by atoms with E-state index in [0.29, 0.717) is 55.9 Å². The number of dihydropyridines is 1. The van der Waals surface area contributed by atoms with E-state index in [1.165, 1.54) is 14.2 Å². The van der Waals surface area contributed by atoms with Crippen LogP contribution in [-0.4, -0.2) is 90.3 Å². The molecule has 6 unspecified atom stereocenters. The van der Waals surface area contributed by atoms with Crippen molar-refractivity contribution >= 4 is 5.97 Å². The lowest BCUT2D eigenvalue weighted by Gasteiger charge is -2.40. The quantitative estimate of drug-likeness (QED) is 0.114. The van der Waals surface area contributed by atoms with E-state index in [9.17, 15) is 30.3 Å². The Labute approximate surface area is 287 Å². The van der Waals surface area contributed by atoms with Gasteiger partial charge in [0.05, 0.1) is 44.8 Å². The van der Waals surface area contributed by atoms with Gasteiger partial charge in [0.1, 0.15) is 6.61 Å². The molecule has 1 fully saturated rings. The number of carboxylic acids is 1. The number of aliphatic hydroxyl groups excluding tert-OH is 2. The molecule has 0 spiro atoms. The van der Waals surface area contributed by atoms with Crippen molar-refractivity contribution in [2.24, 2.45) is 17.6 Å². The van der Waals surface area contributed by atoms with Crippen LogP contribution in [0, 0.1) is 11.8 Å². The summed E-state index contributed by atoms with van der Waals surface area (Å²) in [6.07, 6.45) is 4.23. The number of aliphatic carboxylic acids is 1. The monoisotopic (exact) mass is 685 g/mol. The Balaban J connectivity index is 1.57. The van der Waals surface area contributed by atoms with Crippen molar-refractivity contribution in [3.8, 4) is 28.7 Å². The largest absolute Gasteiger partial charge is 0.504 e. The molecule has 2 aliphatic heterocycles. The number of phenolic OH excluding ortho intramolecular Hbond substituents is 2. The number of benzene rings is 2. The van der Waals surface area contributed by atoms with E-state index in [4.69, 9.17) is 24.7 Å². The SMILES string of the molecule is CCNC(COc1cc(C2OC(CCc3ccc(O)c(OC)c3)CC(O)C2CCO)cc(OC)c1O)C(CC(=O)O)CC1=CCNC(N)=C1. The van der Waals surface area contributed by atoms with Gasteiger partial charge in [0.25, 0.3) is 0 Å². The average molecular weight is 686 g/mol. The number of carboxylic acid groups (broad SMARTS) is 1. The standard InChI is InChI=1S/C36H51N3O10/c1-4-38-27(23(18-34(43)44)13-22-9-11-39-33(37)15-22)20-48-32-17-24(16-31(47-3)35(32)45)36-26(10-12-40)29(42)19-25(49-36)7-5-21-6-8-28(41)30(14-21)46-2/h6,8-9,14-17,23,25-27,29,36,38-42,45H,4-5,7,10-13,18-20,37H2,1-3H3,(H,43,44). The predicted molar refractivity (Wildman–Crippen MR) is 183 cm³/mol. The number of methoxy groups -OCH3 is 2. The second-order valence-electron chi connectivity index (χ2n) is 12.6. The number of hydrogen-bond acceptors (Lipinski definition) is 12. The zero-order valence-corrected chi connectivity index (χ0v) is 28.4. The van der Waals surface area contributed by atoms with Crippen molar-refractivity contribution in [1.82, 2.24) is 10.6 Å². The van der Waals surface area contributed by atoms with Crippen molar-refractivity contribution in [3.63, 3.8) is 0 Å². The number of ether oxygens (including phenoxy) is 4. The van der Waals surface area contributed by atoms with Gasteiger partial charge in [0, 0.05) is 25.1 Å². The molecule has 270 valence electrons. The Hall–Kier alpha value is -4.17. The molecule has 4 rings (SSSR count). The first kappa shape index (κ1) is 37.6. The van der Waals surface area contributed by atoms with Gasteiger partial charge in [-0.1, -0.05) is 19.1 Å². The lowest BCUT2D eigenvalue weighted by molar-refractivity contribution is -0.144. The van der Waals surface area contributed by atoms with Gasteiger partial charge in [-0.2, -0.15) is 0 Å². The summed E-state index contributed by atoms with van der Waals surface area (Å²) in [5, 5.41) is 58.3. The van der Waals surface area contributed by atoms with Gasteiger partial charge in [0.15, 0.2) is 23.0 Å². The van der Waals surface area contributed by atoms with E-state index < -0.39 is 30.1 Å². The molecule has 0 amide bonds. The van der Waals surface area contributed by atoms with Gasteiger partial charge in [-0.15, -0.1) is 0 Å². The zero-order chi connectivity index (χ0) is 35.5. The number of aryl methyl sites for hydroxylation is 1. The van der Waals surface area contributed by atoms with Crippen LogP contribution in [0.1, 0.15) is 56.3 Å². The third kappa shape index (κ3) is 10.2. The summed E-state index contributed by atoms with van der Waals surface area (Å²) >= 11 is 0. The minimum atomic E-state index is -0.937. The number of likely N-dealkylation sites (N-methyl/N-ethyl adjacent to an activating group) is 1. The van der Waals surface area contributed by atoms with E-state index in [1.54, 1.807) is 30.3 Å². The molecular formula is C36H51N3O10. The lowest BCUT2D eigenvalue weighted by atomic mass is 9.82. The maximum atomic E-state index is 11.9. The number of carbonyl (C=O) groups is 1. The molecule has 0 bridgehead atoms. The summed E-state index contributed by atoms with van der Waals surface area (Å²) in [6.45, 7) is 2.94. The predicted octanol–water partition coefficient (Wildman–Crippen LogP) is 3.10. The van der Waals surface area contributed by atoms with Gasteiger partial charge in [-0.25, -0.2) is 0 Å². The zero-order valence-electron chi connectivity index (χ0n) is 28.4. The lowest BCUT2D eigenvalue weighted by Crippen LogP contribution is -2.42. The van der Waals surface area contributed by atoms with Crippen LogP contribution in [0.3, 0.4) is 0 Å². The normalized spacial score (nSPS) is 21.9. The second-order valence-corrected chi connectivity index (χ2v) is 12.6. The Kier molecular flexibility index (Phi) is 13.8. The number of aromatic hydroxyl groups is 2. The number of hydrogen-bond donors (Lipinski definition) is 8. The van der Waals surface area contributed by atoms with E-state index in [0.717, 1.165) is 11.1 Å². The highest BCUT2D eigenvalue weighted by atomic mass is 16.5. The first-order valence-electron chi connectivity index (χ1n) is 16.8. The molecule has 2 heterocycles. The van der Waals surface area contributed by atoms with Crippen molar-refractivity contribution in [1.29, 1.82) is 0 Å². The van der Waals surface area contributed by atoms with Crippen LogP contribution in [0.2, 0.25) is 0 Å². The van der Waals surface area contributed by atoms with E-state index >= 15 is 0 Å². The molecule has 2 aliphatic rings. The Morgan fingerprint density at radius 1 is 1.12 bits per heavy atom. The van der Waals surface area contributed by atoms with Crippen molar-refractivity contribution < 1.29 is 49.3 Å². The molecule has 2 aromatic carbocycles. The summed E-state index contributed by atoms with van der Waals surface area (Å²) in [7, 11) is 2.92. The first-order chi connectivity index (χ1) is 23.6. The van der Waals surface area contributed by atoms with Gasteiger partial charge >= 0.3 is 5.97 Å². The van der Waals surface area contributed by atoms with Crippen LogP contribution in [0.25, 0.3) is 0 Å². The van der Waals surface area contributed by atoms with Gasteiger partial charge in [0.2, 0.25) is 5.75 Å². The highest BCUT2D eigenvalue weighted by molar-refractivity contribution is 5.67. The van der Waals surface area contributed by atoms with E-state index in [1.807, 2.05) is 19.1 Å². The highest BCUT2D eigenvalue weighted by Crippen LogP contribution is 2.45. The van der Waals surface area contributed by atoms with Gasteiger partial charge in [-0.05, 0) is 91.6 Å². The number of aliphatic hydroxyl groups is 2. The fourth-order valence-electron chi connectivity index (χ4n) is 6.69. The number of allylic oxidation sites excluding steroid dienone is 2. The Morgan fingerprint density at radius 3 is 2.55 bits per heavy atom. The minimum Gasteiger partial charge on any atom is -0.504 e. The third-order valence-corrected chi connectivity index (χ3v) is 9.20. The molecule has 13 heteroatoms. The molecule has 6 atom stereocenters. The fraction of sp³-hybridized carbons (Fsp3) is 0.528. The number of nitrogens with two attached hydrogens (primary N) is 1. The third-order valence-electron chi connectivity index (χ3n) is 9.20. The average Bonchev–Trinajstić information content (AvgIpc) is 3.07. The van der Waals surface area contributed by atoms with Gasteiger partial charge in [-0.3, -0.25) is 4.79 Å². The molecular weight excluding hydrogens is 634 g/mol. The maximum Gasteiger partial charge on any atom is 0.303 e. The van der Waals surface area contributed by atoms with E-state index in [2.05, 4.69) is 10.6 Å².